The van der Waals surface area contributed by atoms with Crippen LogP contribution in [0.25, 0.3) is 11.4 Å². The summed E-state index contributed by atoms with van der Waals surface area (Å²) in [5, 5.41) is 3.88. The van der Waals surface area contributed by atoms with Gasteiger partial charge in [-0.25, -0.2) is 4.39 Å². The maximum atomic E-state index is 13.8. The van der Waals surface area contributed by atoms with Gasteiger partial charge in [0.1, 0.15) is 12.4 Å². The number of carbonyl (C=O) groups excluding carboxylic acids is 1. The molecule has 1 aliphatic heterocycles. The Morgan fingerprint density at radius 1 is 1.44 bits per heavy atom. The lowest BCUT2D eigenvalue weighted by molar-refractivity contribution is -0.137. The zero-order chi connectivity index (χ0) is 17.6. The van der Waals surface area contributed by atoms with Crippen LogP contribution in [0.5, 0.6) is 0 Å². The van der Waals surface area contributed by atoms with E-state index in [1.54, 1.807) is 18.2 Å². The number of aromatic nitrogens is 2. The zero-order valence-electron chi connectivity index (χ0n) is 14.3. The summed E-state index contributed by atoms with van der Waals surface area (Å²) in [5.41, 5.74) is 0.328. The molecule has 6 nitrogen and oxygen atoms in total. The van der Waals surface area contributed by atoms with Crippen LogP contribution < -0.4 is 0 Å². The third-order valence-electron chi connectivity index (χ3n) is 4.35. The minimum atomic E-state index is -0.375. The van der Waals surface area contributed by atoms with Crippen molar-refractivity contribution < 1.29 is 18.4 Å². The molecular formula is C18H22FN3O3. The molecule has 1 aromatic carbocycles. The Kier molecular flexibility index (Phi) is 5.75. The van der Waals surface area contributed by atoms with Gasteiger partial charge in [-0.3, -0.25) is 4.79 Å². The highest BCUT2D eigenvalue weighted by atomic mass is 19.1. The van der Waals surface area contributed by atoms with Crippen molar-refractivity contribution in [3.63, 3.8) is 0 Å². The van der Waals surface area contributed by atoms with Crippen LogP contribution >= 0.6 is 0 Å². The number of hydrogen-bond donors (Lipinski definition) is 0. The second-order valence-electron chi connectivity index (χ2n) is 6.18. The lowest BCUT2D eigenvalue weighted by atomic mass is 9.94. The van der Waals surface area contributed by atoms with Gasteiger partial charge in [-0.2, -0.15) is 4.98 Å². The Bertz CT molecular complexity index is 719. The first-order valence-corrected chi connectivity index (χ1v) is 8.60. The van der Waals surface area contributed by atoms with E-state index >= 15 is 0 Å². The molecule has 0 bridgehead atoms. The number of halogens is 1. The number of likely N-dealkylation sites (tertiary alicyclic amines) is 1. The van der Waals surface area contributed by atoms with E-state index in [2.05, 4.69) is 10.1 Å². The summed E-state index contributed by atoms with van der Waals surface area (Å²) in [7, 11) is 0. The van der Waals surface area contributed by atoms with Crippen molar-refractivity contribution in [2.75, 3.05) is 26.3 Å². The van der Waals surface area contributed by atoms with Crippen LogP contribution in [0.15, 0.2) is 28.8 Å². The number of amides is 1. The average Bonchev–Trinajstić information content (AvgIpc) is 3.08. The van der Waals surface area contributed by atoms with Crippen LogP contribution in [0.3, 0.4) is 0 Å². The fourth-order valence-electron chi connectivity index (χ4n) is 3.08. The van der Waals surface area contributed by atoms with Gasteiger partial charge in [-0.1, -0.05) is 17.3 Å². The Balaban J connectivity index is 1.61. The number of hydrogen-bond acceptors (Lipinski definition) is 5. The molecule has 1 atom stereocenters. The van der Waals surface area contributed by atoms with Crippen molar-refractivity contribution >= 4 is 5.91 Å². The molecule has 1 aromatic heterocycles. The van der Waals surface area contributed by atoms with Crippen LogP contribution in [0.4, 0.5) is 4.39 Å². The Morgan fingerprint density at radius 3 is 3.08 bits per heavy atom. The molecule has 7 heteroatoms. The quantitative estimate of drug-likeness (QED) is 0.804. The van der Waals surface area contributed by atoms with E-state index in [0.29, 0.717) is 31.0 Å². The molecule has 1 aliphatic rings. The van der Waals surface area contributed by atoms with E-state index in [-0.39, 0.29) is 30.1 Å². The lowest BCUT2D eigenvalue weighted by Gasteiger charge is -2.32. The van der Waals surface area contributed by atoms with Crippen molar-refractivity contribution in [2.45, 2.75) is 26.2 Å². The summed E-state index contributed by atoms with van der Waals surface area (Å²) in [6, 6.07) is 6.35. The van der Waals surface area contributed by atoms with Gasteiger partial charge in [0.25, 0.3) is 0 Å². The summed E-state index contributed by atoms with van der Waals surface area (Å²) in [5.74, 6) is 0.633. The maximum absolute atomic E-state index is 13.8. The van der Waals surface area contributed by atoms with Crippen molar-refractivity contribution in [1.29, 1.82) is 0 Å². The molecule has 2 aromatic rings. The predicted molar refractivity (Wildman–Crippen MR) is 89.2 cm³/mol. The summed E-state index contributed by atoms with van der Waals surface area (Å²) in [4.78, 5) is 18.2. The van der Waals surface area contributed by atoms with Gasteiger partial charge in [0.2, 0.25) is 17.6 Å². The van der Waals surface area contributed by atoms with Crippen molar-refractivity contribution in [2.24, 2.45) is 5.92 Å². The zero-order valence-corrected chi connectivity index (χ0v) is 14.3. The fourth-order valence-corrected chi connectivity index (χ4v) is 3.08. The predicted octanol–water partition coefficient (Wildman–Crippen LogP) is 2.69. The number of nitrogens with zero attached hydrogens (tertiary/aromatic N) is 3. The van der Waals surface area contributed by atoms with E-state index in [1.165, 1.54) is 6.07 Å². The molecule has 3 rings (SSSR count). The normalized spacial score (nSPS) is 17.7. The van der Waals surface area contributed by atoms with Crippen LogP contribution in [-0.2, 0) is 16.0 Å². The molecule has 134 valence electrons. The maximum Gasteiger partial charge on any atom is 0.248 e. The van der Waals surface area contributed by atoms with Gasteiger partial charge >= 0.3 is 0 Å². The summed E-state index contributed by atoms with van der Waals surface area (Å²) >= 11 is 0. The topological polar surface area (TPSA) is 68.5 Å². The summed E-state index contributed by atoms with van der Waals surface area (Å²) in [6.45, 7) is 3.94. The molecule has 1 fully saturated rings. The number of carbonyl (C=O) groups is 1. The summed E-state index contributed by atoms with van der Waals surface area (Å²) < 4.78 is 24.3. The molecule has 0 unspecified atom stereocenters. The average molecular weight is 347 g/mol. The molecule has 0 aliphatic carbocycles. The minimum Gasteiger partial charge on any atom is -0.372 e. The highest BCUT2D eigenvalue weighted by Crippen LogP contribution is 2.23. The first-order valence-electron chi connectivity index (χ1n) is 8.60. The van der Waals surface area contributed by atoms with Gasteiger partial charge in [-0.15, -0.1) is 0 Å². The highest BCUT2D eigenvalue weighted by Gasteiger charge is 2.25. The van der Waals surface area contributed by atoms with Crippen LogP contribution in [-0.4, -0.2) is 47.3 Å². The number of benzene rings is 1. The molecule has 0 spiro atoms. The smallest absolute Gasteiger partial charge is 0.248 e. The number of piperidine rings is 1. The van der Waals surface area contributed by atoms with E-state index in [0.717, 1.165) is 19.4 Å². The van der Waals surface area contributed by atoms with Gasteiger partial charge in [0, 0.05) is 26.1 Å². The molecule has 2 heterocycles. The molecule has 0 N–H and O–H groups in total. The first kappa shape index (κ1) is 17.5. The van der Waals surface area contributed by atoms with E-state index in [4.69, 9.17) is 9.26 Å². The van der Waals surface area contributed by atoms with Crippen molar-refractivity contribution in [3.05, 3.63) is 36.0 Å². The van der Waals surface area contributed by atoms with Crippen LogP contribution in [0.2, 0.25) is 0 Å². The molecule has 0 saturated carbocycles. The minimum absolute atomic E-state index is 0.0177. The molecule has 0 radical (unpaired) electrons. The van der Waals surface area contributed by atoms with E-state index in [1.807, 2.05) is 11.8 Å². The Morgan fingerprint density at radius 2 is 2.28 bits per heavy atom. The Hall–Kier alpha value is -2.28. The van der Waals surface area contributed by atoms with Gasteiger partial charge in [0.05, 0.1) is 5.56 Å². The lowest BCUT2D eigenvalue weighted by Crippen LogP contribution is -2.42. The third kappa shape index (κ3) is 4.42. The Labute approximate surface area is 146 Å². The van der Waals surface area contributed by atoms with Crippen molar-refractivity contribution in [1.82, 2.24) is 15.0 Å². The van der Waals surface area contributed by atoms with Crippen LogP contribution in [0.1, 0.15) is 25.7 Å². The highest BCUT2D eigenvalue weighted by molar-refractivity contribution is 5.77. The van der Waals surface area contributed by atoms with Gasteiger partial charge in [-0.05, 0) is 37.8 Å². The van der Waals surface area contributed by atoms with E-state index in [9.17, 15) is 9.18 Å². The number of rotatable bonds is 6. The number of ether oxygens (including phenoxy) is 1. The van der Waals surface area contributed by atoms with Gasteiger partial charge < -0.3 is 14.2 Å². The molecule has 1 amide bonds. The second-order valence-corrected chi connectivity index (χ2v) is 6.18. The second kappa shape index (κ2) is 8.20. The van der Waals surface area contributed by atoms with Crippen molar-refractivity contribution in [3.8, 4) is 11.4 Å². The largest absolute Gasteiger partial charge is 0.372 e. The third-order valence-corrected chi connectivity index (χ3v) is 4.35. The molecule has 1 saturated heterocycles. The first-order chi connectivity index (χ1) is 12.2. The fraction of sp³-hybridized carbons (Fsp3) is 0.500. The molecular weight excluding hydrogens is 325 g/mol. The monoisotopic (exact) mass is 347 g/mol. The SMILES string of the molecule is CCOCC(=O)N1CCC[C@@H](Cc2nc(-c3ccccc3F)no2)C1. The van der Waals surface area contributed by atoms with Crippen LogP contribution in [0, 0.1) is 11.7 Å². The van der Waals surface area contributed by atoms with Gasteiger partial charge in [0.15, 0.2) is 0 Å². The standard InChI is InChI=1S/C18H22FN3O3/c1-2-24-12-17(23)22-9-5-6-13(11-22)10-16-20-18(21-25-16)14-7-3-4-8-15(14)19/h3-4,7-8,13H,2,5-6,9-12H2,1H3/t13-/m0/s1. The molecule has 25 heavy (non-hydrogen) atoms. The van der Waals surface area contributed by atoms with E-state index < -0.39 is 0 Å². The summed E-state index contributed by atoms with van der Waals surface area (Å²) in [6.07, 6.45) is 2.52.